The van der Waals surface area contributed by atoms with E-state index in [1.54, 1.807) is 6.92 Å². The molecule has 1 heterocycles. The Morgan fingerprint density at radius 1 is 1.73 bits per heavy atom. The highest BCUT2D eigenvalue weighted by Crippen LogP contribution is 2.26. The highest BCUT2D eigenvalue weighted by atomic mass is 17.3. The van der Waals surface area contributed by atoms with Crippen LogP contribution < -0.4 is 0 Å². The molecule has 64 valence electrons. The Kier molecular flexibility index (Phi) is 2.56. The summed E-state index contributed by atoms with van der Waals surface area (Å²) in [6.07, 6.45) is 0.814. The lowest BCUT2D eigenvalue weighted by atomic mass is 10.2. The number of hydrogen-bond donors (Lipinski definition) is 0. The molecular weight excluding hydrogens is 152 g/mol. The zero-order chi connectivity index (χ0) is 8.32. The summed E-state index contributed by atoms with van der Waals surface area (Å²) in [4.78, 5) is 19.4. The largest absolute Gasteiger partial charge is 0.331 e. The van der Waals surface area contributed by atoms with Gasteiger partial charge in [0.1, 0.15) is 6.29 Å². The van der Waals surface area contributed by atoms with Crippen LogP contribution in [0.1, 0.15) is 13.3 Å². The maximum atomic E-state index is 10.1. The van der Waals surface area contributed by atoms with Gasteiger partial charge in [-0.3, -0.25) is 4.74 Å². The van der Waals surface area contributed by atoms with Crippen molar-refractivity contribution in [2.24, 2.45) is 0 Å². The van der Waals surface area contributed by atoms with Gasteiger partial charge in [0.05, 0.1) is 6.42 Å². The van der Waals surface area contributed by atoms with Gasteiger partial charge in [-0.25, -0.2) is 0 Å². The fourth-order valence-electron chi connectivity index (χ4n) is 0.705. The van der Waals surface area contributed by atoms with Gasteiger partial charge in [0.15, 0.2) is 0 Å². The number of hydrogen-bond acceptors (Lipinski definition) is 5. The van der Waals surface area contributed by atoms with Crippen molar-refractivity contribution in [3.8, 4) is 0 Å². The first kappa shape index (κ1) is 8.61. The molecule has 0 N–H and O–H groups in total. The van der Waals surface area contributed by atoms with E-state index in [0.29, 0.717) is 6.29 Å². The summed E-state index contributed by atoms with van der Waals surface area (Å²) in [6, 6.07) is 0. The van der Waals surface area contributed by atoms with Crippen molar-refractivity contribution in [3.63, 3.8) is 0 Å². The van der Waals surface area contributed by atoms with Gasteiger partial charge in [0, 0.05) is 7.11 Å². The van der Waals surface area contributed by atoms with E-state index >= 15 is 0 Å². The van der Waals surface area contributed by atoms with Crippen molar-refractivity contribution >= 4 is 6.29 Å². The van der Waals surface area contributed by atoms with E-state index in [1.165, 1.54) is 7.11 Å². The lowest BCUT2D eigenvalue weighted by Gasteiger charge is -2.15. The Balaban J connectivity index is 2.43. The molecule has 0 amide bonds. The summed E-state index contributed by atoms with van der Waals surface area (Å²) in [7, 11) is 1.42. The maximum absolute atomic E-state index is 10.1. The molecule has 0 aliphatic carbocycles. The van der Waals surface area contributed by atoms with E-state index < -0.39 is 12.3 Å². The zero-order valence-electron chi connectivity index (χ0n) is 6.40. The quantitative estimate of drug-likeness (QED) is 0.438. The minimum absolute atomic E-state index is 0.118. The summed E-state index contributed by atoms with van der Waals surface area (Å²) in [5, 5.41) is 0. The summed E-state index contributed by atoms with van der Waals surface area (Å²) >= 11 is 0. The smallest absolute Gasteiger partial charge is 0.303 e. The van der Waals surface area contributed by atoms with Gasteiger partial charge in [0.25, 0.3) is 0 Å². The zero-order valence-corrected chi connectivity index (χ0v) is 6.40. The standard InChI is InChI=1S/C6H10O5/c1-6(3-4-7)9-5(8-2)10-11-6/h4-5H,3H2,1-2H3. The van der Waals surface area contributed by atoms with Gasteiger partial charge in [-0.15, -0.1) is 0 Å². The Bertz CT molecular complexity index is 148. The summed E-state index contributed by atoms with van der Waals surface area (Å²) in [5.41, 5.74) is 0. The van der Waals surface area contributed by atoms with Crippen LogP contribution in [0.4, 0.5) is 0 Å². The van der Waals surface area contributed by atoms with Crippen molar-refractivity contribution in [1.29, 1.82) is 0 Å². The predicted octanol–water partition coefficient (Wildman–Crippen LogP) is 0.200. The highest BCUT2D eigenvalue weighted by Gasteiger charge is 2.39. The molecule has 2 atom stereocenters. The first-order valence-electron chi connectivity index (χ1n) is 3.19. The summed E-state index contributed by atoms with van der Waals surface area (Å²) in [5.74, 6) is -0.998. The molecule has 2 unspecified atom stereocenters. The molecule has 1 aliphatic heterocycles. The second-order valence-electron chi connectivity index (χ2n) is 2.33. The molecule has 0 radical (unpaired) electrons. The SMILES string of the molecule is COC1OOC(C)(CC=O)O1. The lowest BCUT2D eigenvalue weighted by Crippen LogP contribution is -2.27. The fourth-order valence-corrected chi connectivity index (χ4v) is 0.705. The molecule has 1 saturated heterocycles. The Morgan fingerprint density at radius 3 is 2.91 bits per heavy atom. The Labute approximate surface area is 64.1 Å². The third kappa shape index (κ3) is 1.97. The molecule has 0 spiro atoms. The molecule has 0 aromatic heterocycles. The minimum atomic E-state index is -0.998. The molecule has 1 fully saturated rings. The van der Waals surface area contributed by atoms with E-state index in [9.17, 15) is 4.79 Å². The molecule has 5 nitrogen and oxygen atoms in total. The molecule has 0 aromatic rings. The van der Waals surface area contributed by atoms with Gasteiger partial charge >= 0.3 is 6.48 Å². The van der Waals surface area contributed by atoms with Gasteiger partial charge in [-0.2, -0.15) is 9.78 Å². The Morgan fingerprint density at radius 2 is 2.45 bits per heavy atom. The molecular formula is C6H10O5. The van der Waals surface area contributed by atoms with E-state index in [-0.39, 0.29) is 6.42 Å². The van der Waals surface area contributed by atoms with Gasteiger partial charge in [-0.05, 0) is 6.92 Å². The number of carbonyl (C=O) groups excluding carboxylic acids is 1. The molecule has 0 aromatic carbocycles. The van der Waals surface area contributed by atoms with Crippen LogP contribution in [0.2, 0.25) is 0 Å². The molecule has 1 rings (SSSR count). The van der Waals surface area contributed by atoms with Crippen molar-refractivity contribution in [3.05, 3.63) is 0 Å². The van der Waals surface area contributed by atoms with Crippen LogP contribution >= 0.6 is 0 Å². The van der Waals surface area contributed by atoms with E-state index in [0.717, 1.165) is 0 Å². The van der Waals surface area contributed by atoms with Crippen molar-refractivity contribution < 1.29 is 24.0 Å². The topological polar surface area (TPSA) is 54.0 Å². The minimum Gasteiger partial charge on any atom is -0.331 e. The third-order valence-corrected chi connectivity index (χ3v) is 1.30. The van der Waals surface area contributed by atoms with Gasteiger partial charge in [-0.1, -0.05) is 0 Å². The van der Waals surface area contributed by atoms with E-state index in [4.69, 9.17) is 9.62 Å². The van der Waals surface area contributed by atoms with E-state index in [1.807, 2.05) is 0 Å². The van der Waals surface area contributed by atoms with Gasteiger partial charge in [0.2, 0.25) is 5.79 Å². The number of carbonyl (C=O) groups is 1. The number of aldehydes is 1. The van der Waals surface area contributed by atoms with Crippen molar-refractivity contribution in [1.82, 2.24) is 0 Å². The number of rotatable bonds is 3. The normalized spacial score (nSPS) is 37.5. The van der Waals surface area contributed by atoms with E-state index in [2.05, 4.69) is 9.62 Å². The van der Waals surface area contributed by atoms with Crippen LogP contribution in [-0.4, -0.2) is 25.7 Å². The van der Waals surface area contributed by atoms with Crippen molar-refractivity contribution in [2.45, 2.75) is 25.6 Å². The second-order valence-corrected chi connectivity index (χ2v) is 2.33. The van der Waals surface area contributed by atoms with Crippen LogP contribution in [0.3, 0.4) is 0 Å². The molecule has 0 bridgehead atoms. The maximum Gasteiger partial charge on any atom is 0.303 e. The van der Waals surface area contributed by atoms with Crippen molar-refractivity contribution in [2.75, 3.05) is 7.11 Å². The van der Waals surface area contributed by atoms with Crippen LogP contribution in [0.15, 0.2) is 0 Å². The average Bonchev–Trinajstić information content (AvgIpc) is 2.33. The second kappa shape index (κ2) is 3.27. The Hall–Kier alpha value is -0.490. The van der Waals surface area contributed by atoms with Crippen LogP contribution in [-0.2, 0) is 24.0 Å². The first-order valence-corrected chi connectivity index (χ1v) is 3.19. The third-order valence-electron chi connectivity index (χ3n) is 1.30. The number of ether oxygens (including phenoxy) is 2. The predicted molar refractivity (Wildman–Crippen MR) is 33.1 cm³/mol. The monoisotopic (exact) mass is 162 g/mol. The number of methoxy groups -OCH3 is 1. The fraction of sp³-hybridized carbons (Fsp3) is 0.833. The molecule has 1 aliphatic rings. The van der Waals surface area contributed by atoms with Crippen LogP contribution in [0.25, 0.3) is 0 Å². The lowest BCUT2D eigenvalue weighted by molar-refractivity contribution is -0.356. The van der Waals surface area contributed by atoms with Crippen LogP contribution in [0.5, 0.6) is 0 Å². The molecule has 0 saturated carbocycles. The highest BCUT2D eigenvalue weighted by molar-refractivity contribution is 5.50. The van der Waals surface area contributed by atoms with Crippen LogP contribution in [0, 0.1) is 0 Å². The molecule has 11 heavy (non-hydrogen) atoms. The molecule has 5 heteroatoms. The average molecular weight is 162 g/mol. The summed E-state index contributed by atoms with van der Waals surface area (Å²) in [6.45, 7) is 0.764. The van der Waals surface area contributed by atoms with Gasteiger partial charge < -0.3 is 9.53 Å². The summed E-state index contributed by atoms with van der Waals surface area (Å²) < 4.78 is 9.71. The first-order chi connectivity index (χ1) is 5.20.